The van der Waals surface area contributed by atoms with Gasteiger partial charge in [0.1, 0.15) is 0 Å². The standard InChI is InChI=1S/C11H21N3O/c1-3-6-13-11(15)9(2)14-7-4-5-10(12)8-14/h3,9-10H,1,4-8,12H2,2H3,(H,13,15). The first kappa shape index (κ1) is 12.2. The maximum atomic E-state index is 11.7. The van der Waals surface area contributed by atoms with Gasteiger partial charge in [0.15, 0.2) is 0 Å². The van der Waals surface area contributed by atoms with Gasteiger partial charge in [0.25, 0.3) is 0 Å². The second kappa shape index (κ2) is 5.88. The summed E-state index contributed by atoms with van der Waals surface area (Å²) < 4.78 is 0. The number of nitrogens with zero attached hydrogens (tertiary/aromatic N) is 1. The fourth-order valence-electron chi connectivity index (χ4n) is 1.88. The van der Waals surface area contributed by atoms with Crippen LogP contribution in [-0.4, -0.2) is 42.5 Å². The van der Waals surface area contributed by atoms with E-state index in [4.69, 9.17) is 5.73 Å². The van der Waals surface area contributed by atoms with E-state index >= 15 is 0 Å². The first-order valence-corrected chi connectivity index (χ1v) is 5.53. The summed E-state index contributed by atoms with van der Waals surface area (Å²) in [6.45, 7) is 7.82. The summed E-state index contributed by atoms with van der Waals surface area (Å²) in [7, 11) is 0. The Morgan fingerprint density at radius 3 is 3.13 bits per heavy atom. The molecule has 0 aromatic rings. The molecule has 0 aliphatic carbocycles. The molecule has 0 saturated carbocycles. The van der Waals surface area contributed by atoms with Crippen LogP contribution in [0.5, 0.6) is 0 Å². The van der Waals surface area contributed by atoms with E-state index in [0.29, 0.717) is 6.54 Å². The average molecular weight is 211 g/mol. The van der Waals surface area contributed by atoms with Crippen LogP contribution in [-0.2, 0) is 4.79 Å². The van der Waals surface area contributed by atoms with Gasteiger partial charge in [-0.15, -0.1) is 6.58 Å². The summed E-state index contributed by atoms with van der Waals surface area (Å²) in [5, 5.41) is 2.80. The van der Waals surface area contributed by atoms with Crippen LogP contribution in [0.25, 0.3) is 0 Å². The molecule has 1 aliphatic rings. The Hall–Kier alpha value is -0.870. The summed E-state index contributed by atoms with van der Waals surface area (Å²) in [5.41, 5.74) is 5.87. The Balaban J connectivity index is 2.40. The third-order valence-electron chi connectivity index (χ3n) is 2.84. The van der Waals surface area contributed by atoms with Gasteiger partial charge in [-0.2, -0.15) is 0 Å². The van der Waals surface area contributed by atoms with Crippen molar-refractivity contribution in [3.05, 3.63) is 12.7 Å². The molecule has 1 amide bonds. The first-order valence-electron chi connectivity index (χ1n) is 5.53. The van der Waals surface area contributed by atoms with E-state index in [2.05, 4.69) is 16.8 Å². The number of nitrogens with two attached hydrogens (primary N) is 1. The molecule has 1 rings (SSSR count). The van der Waals surface area contributed by atoms with E-state index in [-0.39, 0.29) is 18.0 Å². The van der Waals surface area contributed by atoms with Crippen molar-refractivity contribution in [3.8, 4) is 0 Å². The van der Waals surface area contributed by atoms with Gasteiger partial charge in [0.05, 0.1) is 6.04 Å². The Bertz CT molecular complexity index is 230. The fourth-order valence-corrected chi connectivity index (χ4v) is 1.88. The van der Waals surface area contributed by atoms with Crippen LogP contribution >= 0.6 is 0 Å². The quantitative estimate of drug-likeness (QED) is 0.648. The van der Waals surface area contributed by atoms with Gasteiger partial charge in [-0.25, -0.2) is 0 Å². The van der Waals surface area contributed by atoms with Crippen molar-refractivity contribution in [1.82, 2.24) is 10.2 Å². The van der Waals surface area contributed by atoms with Crippen LogP contribution in [0.2, 0.25) is 0 Å². The number of carbonyl (C=O) groups excluding carboxylic acids is 1. The highest BCUT2D eigenvalue weighted by atomic mass is 16.2. The van der Waals surface area contributed by atoms with Crippen molar-refractivity contribution in [2.24, 2.45) is 5.73 Å². The summed E-state index contributed by atoms with van der Waals surface area (Å²) in [4.78, 5) is 13.8. The van der Waals surface area contributed by atoms with E-state index in [1.165, 1.54) is 0 Å². The van der Waals surface area contributed by atoms with Crippen molar-refractivity contribution in [3.63, 3.8) is 0 Å². The predicted octanol–water partition coefficient (Wildman–Crippen LogP) is 0.100. The highest BCUT2D eigenvalue weighted by Gasteiger charge is 2.25. The number of piperidine rings is 1. The number of nitrogens with one attached hydrogen (secondary N) is 1. The molecule has 0 radical (unpaired) electrons. The van der Waals surface area contributed by atoms with Gasteiger partial charge in [0.2, 0.25) is 5.91 Å². The molecule has 2 atom stereocenters. The minimum atomic E-state index is -0.0868. The van der Waals surface area contributed by atoms with Gasteiger partial charge in [0, 0.05) is 19.1 Å². The van der Waals surface area contributed by atoms with Gasteiger partial charge in [-0.3, -0.25) is 9.69 Å². The summed E-state index contributed by atoms with van der Waals surface area (Å²) in [6, 6.07) is 0.129. The minimum absolute atomic E-state index is 0.0593. The third-order valence-corrected chi connectivity index (χ3v) is 2.84. The van der Waals surface area contributed by atoms with Crippen molar-refractivity contribution in [2.75, 3.05) is 19.6 Å². The van der Waals surface area contributed by atoms with Crippen molar-refractivity contribution in [1.29, 1.82) is 0 Å². The number of carbonyl (C=O) groups is 1. The second-order valence-corrected chi connectivity index (χ2v) is 4.11. The van der Waals surface area contributed by atoms with Crippen LogP contribution in [0.3, 0.4) is 0 Å². The van der Waals surface area contributed by atoms with Gasteiger partial charge in [-0.1, -0.05) is 6.08 Å². The number of hydrogen-bond acceptors (Lipinski definition) is 3. The SMILES string of the molecule is C=CCNC(=O)C(C)N1CCCC(N)C1. The maximum absolute atomic E-state index is 11.7. The van der Waals surface area contributed by atoms with E-state index < -0.39 is 0 Å². The van der Waals surface area contributed by atoms with Crippen molar-refractivity contribution in [2.45, 2.75) is 31.8 Å². The van der Waals surface area contributed by atoms with Crippen molar-refractivity contribution >= 4 is 5.91 Å². The topological polar surface area (TPSA) is 58.4 Å². The second-order valence-electron chi connectivity index (χ2n) is 4.11. The Morgan fingerprint density at radius 1 is 1.80 bits per heavy atom. The summed E-state index contributed by atoms with van der Waals surface area (Å²) >= 11 is 0. The lowest BCUT2D eigenvalue weighted by molar-refractivity contribution is -0.126. The van der Waals surface area contributed by atoms with E-state index in [1.807, 2.05) is 6.92 Å². The normalized spacial score (nSPS) is 24.5. The molecule has 4 heteroatoms. The zero-order valence-electron chi connectivity index (χ0n) is 9.41. The Kier molecular flexibility index (Phi) is 4.78. The van der Waals surface area contributed by atoms with E-state index in [1.54, 1.807) is 6.08 Å². The lowest BCUT2D eigenvalue weighted by atomic mass is 10.0. The average Bonchev–Trinajstić information content (AvgIpc) is 2.24. The van der Waals surface area contributed by atoms with Crippen molar-refractivity contribution < 1.29 is 4.79 Å². The largest absolute Gasteiger partial charge is 0.351 e. The van der Waals surface area contributed by atoms with Crippen LogP contribution in [0.1, 0.15) is 19.8 Å². The highest BCUT2D eigenvalue weighted by Crippen LogP contribution is 2.11. The lowest BCUT2D eigenvalue weighted by Crippen LogP contribution is -2.52. The van der Waals surface area contributed by atoms with E-state index in [0.717, 1.165) is 25.9 Å². The molecule has 2 unspecified atom stereocenters. The number of amides is 1. The first-order chi connectivity index (χ1) is 7.15. The predicted molar refractivity (Wildman–Crippen MR) is 61.5 cm³/mol. The molecule has 1 fully saturated rings. The number of likely N-dealkylation sites (tertiary alicyclic amines) is 1. The third kappa shape index (κ3) is 3.64. The molecule has 0 spiro atoms. The smallest absolute Gasteiger partial charge is 0.237 e. The maximum Gasteiger partial charge on any atom is 0.237 e. The monoisotopic (exact) mass is 211 g/mol. The lowest BCUT2D eigenvalue weighted by Gasteiger charge is -2.34. The van der Waals surface area contributed by atoms with Crippen LogP contribution in [0, 0.1) is 0 Å². The molecule has 1 heterocycles. The summed E-state index contributed by atoms with van der Waals surface area (Å²) in [5.74, 6) is 0.0593. The molecule has 1 saturated heterocycles. The molecule has 15 heavy (non-hydrogen) atoms. The summed E-state index contributed by atoms with van der Waals surface area (Å²) in [6.07, 6.45) is 3.84. The molecule has 86 valence electrons. The number of hydrogen-bond donors (Lipinski definition) is 2. The van der Waals surface area contributed by atoms with Crippen LogP contribution < -0.4 is 11.1 Å². The van der Waals surface area contributed by atoms with Gasteiger partial charge in [-0.05, 0) is 26.3 Å². The molecule has 0 bridgehead atoms. The molecule has 4 nitrogen and oxygen atoms in total. The van der Waals surface area contributed by atoms with Crippen LogP contribution in [0.4, 0.5) is 0 Å². The van der Waals surface area contributed by atoms with Crippen LogP contribution in [0.15, 0.2) is 12.7 Å². The van der Waals surface area contributed by atoms with E-state index in [9.17, 15) is 4.79 Å². The molecule has 1 aliphatic heterocycles. The van der Waals surface area contributed by atoms with Gasteiger partial charge >= 0.3 is 0 Å². The zero-order chi connectivity index (χ0) is 11.3. The molecular weight excluding hydrogens is 190 g/mol. The molecular formula is C11H21N3O. The minimum Gasteiger partial charge on any atom is -0.351 e. The Labute approximate surface area is 91.5 Å². The Morgan fingerprint density at radius 2 is 2.53 bits per heavy atom. The fraction of sp³-hybridized carbons (Fsp3) is 0.727. The molecule has 0 aromatic heterocycles. The van der Waals surface area contributed by atoms with Gasteiger partial charge < -0.3 is 11.1 Å². The number of rotatable bonds is 4. The highest BCUT2D eigenvalue weighted by molar-refractivity contribution is 5.81. The molecule has 0 aromatic carbocycles. The zero-order valence-corrected chi connectivity index (χ0v) is 9.41. The molecule has 3 N–H and O–H groups in total.